The SMILES string of the molecule is c1ccc(-c2nc(-c3ccccc3)nc(-c3cccc4c3sc3cc(-c5cccc6c5oc5ccc(-n7c8ccccc8c8ccccc87)cc56)ccc34)n2)cc1. The number of furan rings is 1. The quantitative estimate of drug-likeness (QED) is 0.176. The van der Waals surface area contributed by atoms with Crippen LogP contribution in [0, 0.1) is 0 Å². The number of nitrogens with zero attached hydrogens (tertiary/aromatic N) is 4. The summed E-state index contributed by atoms with van der Waals surface area (Å²) in [5.74, 6) is 1.97. The lowest BCUT2D eigenvalue weighted by Gasteiger charge is -2.09. The van der Waals surface area contributed by atoms with Gasteiger partial charge in [-0.1, -0.05) is 140 Å². The summed E-state index contributed by atoms with van der Waals surface area (Å²) in [7, 11) is 0. The second-order valence-corrected chi connectivity index (χ2v) is 15.4. The summed E-state index contributed by atoms with van der Waals surface area (Å²) in [5, 5.41) is 7.08. The Morgan fingerprint density at radius 3 is 1.70 bits per heavy atom. The van der Waals surface area contributed by atoms with Crippen molar-refractivity contribution in [2.45, 2.75) is 0 Å². The highest BCUT2D eigenvalue weighted by Crippen LogP contribution is 2.43. The van der Waals surface area contributed by atoms with Gasteiger partial charge in [-0.25, -0.2) is 15.0 Å². The van der Waals surface area contributed by atoms with Crippen molar-refractivity contribution in [2.24, 2.45) is 0 Å². The third-order valence-electron chi connectivity index (χ3n) is 11.1. The van der Waals surface area contributed by atoms with E-state index in [0.29, 0.717) is 17.5 Å². The first-order valence-corrected chi connectivity index (χ1v) is 19.8. The molecule has 57 heavy (non-hydrogen) atoms. The van der Waals surface area contributed by atoms with Crippen LogP contribution in [0.25, 0.3) is 115 Å². The van der Waals surface area contributed by atoms with Gasteiger partial charge in [-0.2, -0.15) is 0 Å². The molecular weight excluding hydrogens is 717 g/mol. The van der Waals surface area contributed by atoms with Crippen LogP contribution >= 0.6 is 11.3 Å². The molecule has 0 saturated heterocycles. The van der Waals surface area contributed by atoms with Crippen molar-refractivity contribution in [2.75, 3.05) is 0 Å². The van der Waals surface area contributed by atoms with Crippen molar-refractivity contribution >= 4 is 75.3 Å². The van der Waals surface area contributed by atoms with Crippen LogP contribution in [0.4, 0.5) is 0 Å². The van der Waals surface area contributed by atoms with Crippen LogP contribution in [0.15, 0.2) is 186 Å². The predicted octanol–water partition coefficient (Wildman–Crippen LogP) is 13.9. The maximum absolute atomic E-state index is 6.70. The topological polar surface area (TPSA) is 56.7 Å². The standard InChI is InChI=1S/C51H30N4OS/c1-3-13-31(14-4-1)49-52-50(32-15-5-2-6-16-32)54-51(53-49)41-22-12-21-40-38-27-25-33(29-46(38)57-48(40)41)35-19-11-20-39-42-30-34(26-28-45(42)56-47(35)39)55-43-23-9-7-17-36(43)37-18-8-10-24-44(37)55/h1-30H. The van der Waals surface area contributed by atoms with E-state index < -0.39 is 0 Å². The molecule has 4 heterocycles. The molecule has 4 aromatic heterocycles. The highest BCUT2D eigenvalue weighted by atomic mass is 32.1. The van der Waals surface area contributed by atoms with Crippen LogP contribution in [-0.2, 0) is 0 Å². The van der Waals surface area contributed by atoms with E-state index in [4.69, 9.17) is 19.4 Å². The molecule has 12 aromatic rings. The van der Waals surface area contributed by atoms with Crippen LogP contribution in [0.3, 0.4) is 0 Å². The van der Waals surface area contributed by atoms with Crippen LogP contribution in [0.1, 0.15) is 0 Å². The van der Waals surface area contributed by atoms with E-state index in [2.05, 4.69) is 126 Å². The minimum atomic E-state index is 0.654. The largest absolute Gasteiger partial charge is 0.455 e. The smallest absolute Gasteiger partial charge is 0.165 e. The van der Waals surface area contributed by atoms with Crippen LogP contribution in [0.5, 0.6) is 0 Å². The molecule has 6 heteroatoms. The fourth-order valence-electron chi connectivity index (χ4n) is 8.42. The van der Waals surface area contributed by atoms with Gasteiger partial charge in [0.1, 0.15) is 11.2 Å². The zero-order valence-electron chi connectivity index (χ0n) is 30.4. The minimum Gasteiger partial charge on any atom is -0.455 e. The summed E-state index contributed by atoms with van der Waals surface area (Å²) in [6.45, 7) is 0. The summed E-state index contributed by atoms with van der Waals surface area (Å²) in [5.41, 5.74) is 10.3. The van der Waals surface area contributed by atoms with Crippen LogP contribution < -0.4 is 0 Å². The van der Waals surface area contributed by atoms with Gasteiger partial charge in [-0.15, -0.1) is 11.3 Å². The molecule has 0 spiro atoms. The van der Waals surface area contributed by atoms with E-state index in [1.165, 1.54) is 37.3 Å². The molecule has 0 aliphatic carbocycles. The molecule has 0 aliphatic heterocycles. The average molecular weight is 747 g/mol. The number of thiophene rings is 1. The van der Waals surface area contributed by atoms with Gasteiger partial charge in [0.25, 0.3) is 0 Å². The molecule has 0 saturated carbocycles. The molecule has 0 bridgehead atoms. The van der Waals surface area contributed by atoms with Crippen molar-refractivity contribution < 1.29 is 4.42 Å². The first-order chi connectivity index (χ1) is 28.2. The number of para-hydroxylation sites is 3. The lowest BCUT2D eigenvalue weighted by molar-refractivity contribution is 0.670. The van der Waals surface area contributed by atoms with E-state index in [0.717, 1.165) is 60.1 Å². The van der Waals surface area contributed by atoms with Gasteiger partial charge < -0.3 is 8.98 Å². The van der Waals surface area contributed by atoms with E-state index in [1.54, 1.807) is 11.3 Å². The fourth-order valence-corrected chi connectivity index (χ4v) is 9.68. The number of rotatable bonds is 5. The number of benzene rings is 8. The van der Waals surface area contributed by atoms with Gasteiger partial charge in [0.15, 0.2) is 17.5 Å². The second kappa shape index (κ2) is 12.6. The highest BCUT2D eigenvalue weighted by molar-refractivity contribution is 7.26. The summed E-state index contributed by atoms with van der Waals surface area (Å²) in [6.07, 6.45) is 0. The Hall–Kier alpha value is -7.41. The van der Waals surface area contributed by atoms with Crippen molar-refractivity contribution in [3.63, 3.8) is 0 Å². The predicted molar refractivity (Wildman–Crippen MR) is 236 cm³/mol. The van der Waals surface area contributed by atoms with Crippen molar-refractivity contribution in [3.05, 3.63) is 182 Å². The van der Waals surface area contributed by atoms with Crippen molar-refractivity contribution in [3.8, 4) is 51.0 Å². The molecule has 5 nitrogen and oxygen atoms in total. The monoisotopic (exact) mass is 746 g/mol. The lowest BCUT2D eigenvalue weighted by atomic mass is 10.0. The summed E-state index contributed by atoms with van der Waals surface area (Å²) in [4.78, 5) is 15.0. The molecule has 0 N–H and O–H groups in total. The Labute approximate surface area is 330 Å². The van der Waals surface area contributed by atoms with E-state index in [-0.39, 0.29) is 0 Å². The van der Waals surface area contributed by atoms with Gasteiger partial charge in [0, 0.05) is 69.7 Å². The Balaban J connectivity index is 0.991. The number of fused-ring (bicyclic) bond motifs is 9. The third-order valence-corrected chi connectivity index (χ3v) is 12.3. The van der Waals surface area contributed by atoms with Gasteiger partial charge in [-0.05, 0) is 48.0 Å². The van der Waals surface area contributed by atoms with Gasteiger partial charge in [0.05, 0.1) is 11.0 Å². The second-order valence-electron chi connectivity index (χ2n) is 14.4. The molecule has 0 amide bonds. The maximum Gasteiger partial charge on any atom is 0.165 e. The molecule has 266 valence electrons. The Morgan fingerprint density at radius 2 is 1.00 bits per heavy atom. The zero-order chi connectivity index (χ0) is 37.5. The van der Waals surface area contributed by atoms with Gasteiger partial charge in [-0.3, -0.25) is 0 Å². The molecule has 0 radical (unpaired) electrons. The maximum atomic E-state index is 6.70. The molecular formula is C51H30N4OS. The minimum absolute atomic E-state index is 0.654. The van der Waals surface area contributed by atoms with E-state index >= 15 is 0 Å². The Morgan fingerprint density at radius 1 is 0.404 bits per heavy atom. The van der Waals surface area contributed by atoms with Crippen LogP contribution in [-0.4, -0.2) is 19.5 Å². The highest BCUT2D eigenvalue weighted by Gasteiger charge is 2.19. The molecule has 0 unspecified atom stereocenters. The first-order valence-electron chi connectivity index (χ1n) is 19.0. The first kappa shape index (κ1) is 31.9. The molecule has 8 aromatic carbocycles. The number of hydrogen-bond donors (Lipinski definition) is 0. The molecule has 0 aliphatic rings. The normalized spacial score (nSPS) is 11.9. The molecule has 0 atom stereocenters. The van der Waals surface area contributed by atoms with E-state index in [9.17, 15) is 0 Å². The molecule has 12 rings (SSSR count). The summed E-state index contributed by atoms with van der Waals surface area (Å²) < 4.78 is 11.4. The fraction of sp³-hybridized carbons (Fsp3) is 0. The lowest BCUT2D eigenvalue weighted by Crippen LogP contribution is -2.00. The van der Waals surface area contributed by atoms with Crippen LogP contribution in [0.2, 0.25) is 0 Å². The summed E-state index contributed by atoms with van der Waals surface area (Å²) >= 11 is 1.77. The Kier molecular flexibility index (Phi) is 7.03. The van der Waals surface area contributed by atoms with Gasteiger partial charge >= 0.3 is 0 Å². The van der Waals surface area contributed by atoms with Gasteiger partial charge in [0.2, 0.25) is 0 Å². The average Bonchev–Trinajstić information content (AvgIpc) is 3.96. The number of aromatic nitrogens is 4. The summed E-state index contributed by atoms with van der Waals surface area (Å²) in [6, 6.07) is 63.7. The third kappa shape index (κ3) is 5.04. The molecule has 0 fully saturated rings. The zero-order valence-corrected chi connectivity index (χ0v) is 31.2. The number of hydrogen-bond acceptors (Lipinski definition) is 5. The Bertz CT molecular complexity index is 3420. The van der Waals surface area contributed by atoms with E-state index in [1.807, 2.05) is 60.7 Å². The van der Waals surface area contributed by atoms with Crippen molar-refractivity contribution in [1.29, 1.82) is 0 Å². The van der Waals surface area contributed by atoms with Crippen molar-refractivity contribution in [1.82, 2.24) is 19.5 Å².